The third-order valence-electron chi connectivity index (χ3n) is 3.85. The molecule has 0 aliphatic carbocycles. The van der Waals surface area contributed by atoms with Crippen LogP contribution in [0.1, 0.15) is 17.2 Å². The van der Waals surface area contributed by atoms with Crippen molar-refractivity contribution in [3.8, 4) is 0 Å². The molecule has 0 aromatic heterocycles. The molecule has 0 saturated carbocycles. The average molecular weight is 317 g/mol. The lowest BCUT2D eigenvalue weighted by Crippen LogP contribution is -2.31. The number of sulfonamides is 1. The molecule has 2 aromatic carbocycles. The zero-order chi connectivity index (χ0) is 15.4. The van der Waals surface area contributed by atoms with Crippen molar-refractivity contribution in [2.24, 2.45) is 0 Å². The van der Waals surface area contributed by atoms with Gasteiger partial charge in [0.05, 0.1) is 11.9 Å². The molecule has 1 unspecified atom stereocenters. The van der Waals surface area contributed by atoms with Gasteiger partial charge in [0.25, 0.3) is 0 Å². The number of rotatable bonds is 5. The van der Waals surface area contributed by atoms with E-state index in [1.807, 2.05) is 60.7 Å². The fourth-order valence-corrected chi connectivity index (χ4v) is 3.88. The highest BCUT2D eigenvalue weighted by Crippen LogP contribution is 2.26. The normalized spacial score (nSPS) is 19.4. The summed E-state index contributed by atoms with van der Waals surface area (Å²) in [5.41, 5.74) is 2.05. The summed E-state index contributed by atoms with van der Waals surface area (Å²) in [4.78, 5) is 0. The first-order chi connectivity index (χ1) is 10.6. The zero-order valence-corrected chi connectivity index (χ0v) is 13.1. The van der Waals surface area contributed by atoms with Crippen molar-refractivity contribution in [2.45, 2.75) is 12.5 Å². The minimum Gasteiger partial charge on any atom is -0.356 e. The van der Waals surface area contributed by atoms with Gasteiger partial charge in [-0.2, -0.15) is 4.31 Å². The topological polar surface area (TPSA) is 46.6 Å². The highest BCUT2D eigenvalue weighted by Gasteiger charge is 2.32. The van der Waals surface area contributed by atoms with Gasteiger partial charge >= 0.3 is 0 Å². The smallest absolute Gasteiger partial charge is 0.216 e. The molecule has 22 heavy (non-hydrogen) atoms. The molecule has 0 spiro atoms. The Bertz CT molecular complexity index is 701. The molecule has 5 heteroatoms. The van der Waals surface area contributed by atoms with Crippen LogP contribution in [0.3, 0.4) is 0 Å². The van der Waals surface area contributed by atoms with E-state index < -0.39 is 10.0 Å². The van der Waals surface area contributed by atoms with Crippen LogP contribution >= 0.6 is 0 Å². The third-order valence-corrected chi connectivity index (χ3v) is 5.61. The van der Waals surface area contributed by atoms with Crippen LogP contribution in [0.15, 0.2) is 60.7 Å². The maximum atomic E-state index is 12.4. The zero-order valence-electron chi connectivity index (χ0n) is 12.3. The Morgan fingerprint density at radius 1 is 1.00 bits per heavy atom. The minimum absolute atomic E-state index is 0.113. The van der Waals surface area contributed by atoms with E-state index in [9.17, 15) is 8.42 Å². The third kappa shape index (κ3) is 3.55. The number of ether oxygens (including phenoxy) is 1. The molecule has 1 heterocycles. The van der Waals surface area contributed by atoms with Crippen molar-refractivity contribution >= 4 is 10.0 Å². The van der Waals surface area contributed by atoms with Crippen LogP contribution in [0, 0.1) is 0 Å². The van der Waals surface area contributed by atoms with Crippen molar-refractivity contribution < 1.29 is 13.2 Å². The Kier molecular flexibility index (Phi) is 4.57. The van der Waals surface area contributed by atoms with Crippen molar-refractivity contribution in [2.75, 3.05) is 19.0 Å². The van der Waals surface area contributed by atoms with Gasteiger partial charge in [0.15, 0.2) is 0 Å². The summed E-state index contributed by atoms with van der Waals surface area (Å²) in [6.45, 7) is 0.526. The van der Waals surface area contributed by atoms with Gasteiger partial charge in [-0.05, 0) is 17.5 Å². The lowest BCUT2D eigenvalue weighted by Gasteiger charge is -2.14. The van der Waals surface area contributed by atoms with E-state index in [1.54, 1.807) is 0 Å². The molecule has 3 rings (SSSR count). The number of hydrogen-bond donors (Lipinski definition) is 0. The first-order valence-electron chi connectivity index (χ1n) is 7.33. The van der Waals surface area contributed by atoms with Crippen LogP contribution in [0.2, 0.25) is 0 Å². The van der Waals surface area contributed by atoms with Crippen LogP contribution in [0.4, 0.5) is 0 Å². The van der Waals surface area contributed by atoms with Crippen LogP contribution in [0.5, 0.6) is 0 Å². The lowest BCUT2D eigenvalue weighted by atomic mass is 10.1. The van der Waals surface area contributed by atoms with E-state index in [-0.39, 0.29) is 18.6 Å². The molecule has 1 aliphatic heterocycles. The Balaban J connectivity index is 1.62. The minimum atomic E-state index is -3.29. The summed E-state index contributed by atoms with van der Waals surface area (Å²) in [5.74, 6) is 0.113. The summed E-state index contributed by atoms with van der Waals surface area (Å²) >= 11 is 0. The second-order valence-corrected chi connectivity index (χ2v) is 7.47. The molecule has 4 nitrogen and oxygen atoms in total. The summed E-state index contributed by atoms with van der Waals surface area (Å²) in [5, 5.41) is 0. The number of hydrogen-bond acceptors (Lipinski definition) is 3. The second-order valence-electron chi connectivity index (χ2n) is 5.38. The summed E-state index contributed by atoms with van der Waals surface area (Å²) < 4.78 is 31.9. The summed E-state index contributed by atoms with van der Waals surface area (Å²) in [6, 6.07) is 19.4. The molecular formula is C17H19NO3S. The van der Waals surface area contributed by atoms with Crippen molar-refractivity contribution in [1.29, 1.82) is 0 Å². The second kappa shape index (κ2) is 6.60. The first kappa shape index (κ1) is 15.2. The molecule has 1 atom stereocenters. The van der Waals surface area contributed by atoms with E-state index in [0.29, 0.717) is 13.0 Å². The Morgan fingerprint density at radius 2 is 1.64 bits per heavy atom. The molecule has 2 aromatic rings. The van der Waals surface area contributed by atoms with Crippen LogP contribution in [-0.2, 0) is 21.2 Å². The highest BCUT2D eigenvalue weighted by molar-refractivity contribution is 7.89. The van der Waals surface area contributed by atoms with Gasteiger partial charge < -0.3 is 4.74 Å². The summed E-state index contributed by atoms with van der Waals surface area (Å²) in [6.07, 6.45) is 0.350. The van der Waals surface area contributed by atoms with Gasteiger partial charge in [-0.1, -0.05) is 60.7 Å². The predicted molar refractivity (Wildman–Crippen MR) is 85.8 cm³/mol. The largest absolute Gasteiger partial charge is 0.356 e. The molecule has 116 valence electrons. The van der Waals surface area contributed by atoms with Crippen LogP contribution < -0.4 is 0 Å². The lowest BCUT2D eigenvalue weighted by molar-refractivity contribution is 0.104. The molecule has 1 aliphatic rings. The maximum Gasteiger partial charge on any atom is 0.216 e. The fourth-order valence-electron chi connectivity index (χ4n) is 2.55. The molecule has 1 saturated heterocycles. The molecule has 0 radical (unpaired) electrons. The van der Waals surface area contributed by atoms with Gasteiger partial charge in [-0.3, -0.25) is 0 Å². The first-order valence-corrected chi connectivity index (χ1v) is 8.94. The Morgan fingerprint density at radius 3 is 2.32 bits per heavy atom. The maximum absolute atomic E-state index is 12.4. The SMILES string of the molecule is O=S(=O)(CCc1ccccc1)N1COC(c2ccccc2)C1. The molecule has 0 N–H and O–H groups in total. The van der Waals surface area contributed by atoms with E-state index in [1.165, 1.54) is 4.31 Å². The van der Waals surface area contributed by atoms with Gasteiger partial charge in [0, 0.05) is 6.54 Å². The molecular weight excluding hydrogens is 298 g/mol. The Hall–Kier alpha value is -1.69. The van der Waals surface area contributed by atoms with E-state index in [0.717, 1.165) is 11.1 Å². The quantitative estimate of drug-likeness (QED) is 0.851. The standard InChI is InChI=1S/C17H19NO3S/c19-22(20,12-11-15-7-3-1-4-8-15)18-13-17(21-14-18)16-9-5-2-6-10-16/h1-10,17H,11-14H2. The van der Waals surface area contributed by atoms with Crippen molar-refractivity contribution in [1.82, 2.24) is 4.31 Å². The summed E-state index contributed by atoms with van der Waals surface area (Å²) in [7, 11) is -3.29. The average Bonchev–Trinajstić information content (AvgIpc) is 3.06. The molecule has 0 amide bonds. The van der Waals surface area contributed by atoms with Gasteiger partial charge in [-0.15, -0.1) is 0 Å². The predicted octanol–water partition coefficient (Wildman–Crippen LogP) is 2.59. The number of benzene rings is 2. The van der Waals surface area contributed by atoms with Crippen molar-refractivity contribution in [3.05, 3.63) is 71.8 Å². The number of nitrogens with zero attached hydrogens (tertiary/aromatic N) is 1. The van der Waals surface area contributed by atoms with E-state index in [2.05, 4.69) is 0 Å². The van der Waals surface area contributed by atoms with E-state index >= 15 is 0 Å². The van der Waals surface area contributed by atoms with Crippen molar-refractivity contribution in [3.63, 3.8) is 0 Å². The van der Waals surface area contributed by atoms with Gasteiger partial charge in [-0.25, -0.2) is 8.42 Å². The van der Waals surface area contributed by atoms with Gasteiger partial charge in [0.2, 0.25) is 10.0 Å². The molecule has 1 fully saturated rings. The van der Waals surface area contributed by atoms with Gasteiger partial charge in [0.1, 0.15) is 6.73 Å². The Labute approximate surface area is 131 Å². The van der Waals surface area contributed by atoms with Crippen LogP contribution in [-0.4, -0.2) is 31.8 Å². The number of aryl methyl sites for hydroxylation is 1. The monoisotopic (exact) mass is 317 g/mol. The molecule has 0 bridgehead atoms. The van der Waals surface area contributed by atoms with Crippen LogP contribution in [0.25, 0.3) is 0 Å². The highest BCUT2D eigenvalue weighted by atomic mass is 32.2. The fraction of sp³-hybridized carbons (Fsp3) is 0.294. The van der Waals surface area contributed by atoms with E-state index in [4.69, 9.17) is 4.74 Å².